The van der Waals surface area contributed by atoms with Crippen molar-refractivity contribution < 1.29 is 733 Å². The van der Waals surface area contributed by atoms with Gasteiger partial charge in [-0.15, -0.1) is 12.8 Å². The number of carbonyl (C=O) groups is 2. The summed E-state index contributed by atoms with van der Waals surface area (Å²) in [6.45, 7) is 25.4. The van der Waals surface area contributed by atoms with E-state index in [2.05, 4.69) is 41.8 Å². The molecule has 61 heteroatoms. The normalized spacial score (nSPS) is 28.1. The predicted molar refractivity (Wildman–Crippen MR) is 314 cm³/mol. The Bertz CT molecular complexity index is 2640. The quantitative estimate of drug-likeness (QED) is 0.0222. The van der Waals surface area contributed by atoms with Gasteiger partial charge in [-0.2, -0.15) is 0 Å². The van der Waals surface area contributed by atoms with Gasteiger partial charge in [-0.05, 0) is 41.5 Å². The summed E-state index contributed by atoms with van der Waals surface area (Å²) in [7, 11) is 0. The molecule has 5 saturated heterocycles. The van der Waals surface area contributed by atoms with Gasteiger partial charge >= 0.3 is 12.3 Å². The minimum Gasteiger partial charge on any atom is -0.651 e. The van der Waals surface area contributed by atoms with Crippen LogP contribution in [-0.2, 0) is 714 Å². The van der Waals surface area contributed by atoms with Crippen molar-refractivity contribution in [2.24, 2.45) is 11.8 Å². The van der Waals surface area contributed by atoms with Gasteiger partial charge in [0, 0.05) is 535 Å². The molecule has 5 rings (SSSR count). The Morgan fingerprint density at radius 3 is 0.793 bits per heavy atom. The van der Waals surface area contributed by atoms with Gasteiger partial charge < -0.3 is 212 Å². The Morgan fingerprint density at radius 1 is 0.306 bits per heavy atom. The minimum absolute atomic E-state index is 0. The van der Waals surface area contributed by atoms with Crippen molar-refractivity contribution in [2.75, 3.05) is 33.0 Å². The predicted octanol–water partition coefficient (Wildman–Crippen LogP) is -5.11. The number of carboxylic acid groups (broad SMARTS) is 2. The molecular weight excluding hydrogens is 2860 g/mol. The van der Waals surface area contributed by atoms with Crippen LogP contribution in [0.2, 0.25) is 0 Å². The Morgan fingerprint density at radius 2 is 0.537 bits per heavy atom. The molecule has 3 N–H and O–H groups in total. The SMILES string of the molecule is C=[C-]N[C@H]1[C@H](OC(C)C)O[C@H](CO[C-]=O)[C@@H](O[C-]=O)[C@@H]1O[C-]=O.CC(C)OC1O[C@H](COC(=O)O)[C@@H](O[C@@H]2O[C@H](CO[C-]=O)[C@H](O[C-]=O)[C@H](O[C-]=O)[C@H]2O[C-]=O)[C@H](C[C-]=O)[C@H]1O[C-]=O.CC(C)OC1O[C@H](COC(=O)O)[C@@H](O[C@H]2O[C@H](CO[C-]=O)[C@@H](O[C-]=O)[C@H](O[C-]=O)[C@H]2O[C-]=O)[C@H](C[C-]=O)[C@H]1O[C-]=O.[Y].[Y].[Y].[Y].[Y].[Y].[Y].[Y].[Y].[Y].[Y].[Y].[Y].[Y].[Y].[Y]. The summed E-state index contributed by atoms with van der Waals surface area (Å²) >= 11 is 0. The van der Waals surface area contributed by atoms with E-state index in [0.29, 0.717) is 0 Å². The third kappa shape index (κ3) is 56.7. The van der Waals surface area contributed by atoms with E-state index in [1.54, 1.807) is 54.1 Å². The molecule has 5 heterocycles. The number of nitrogens with one attached hydrogen (secondary N) is 1. The Hall–Kier alpha value is 7.79. The second-order valence-corrected chi connectivity index (χ2v) is 21.8. The maximum Gasteiger partial charge on any atom is 0.505 e. The fourth-order valence-electron chi connectivity index (χ4n) is 10.9. The van der Waals surface area contributed by atoms with Crippen LogP contribution in [0, 0.1) is 18.0 Å². The Labute approximate surface area is 1100 Å². The van der Waals surface area contributed by atoms with Crippen LogP contribution in [0.4, 0.5) is 9.59 Å². The third-order valence-electron chi connectivity index (χ3n) is 14.6. The molecule has 0 saturated carbocycles. The molecule has 5 aliphatic heterocycles. The number of carbonyl (C=O) groups excluding carboxylic acids is 15. The van der Waals surface area contributed by atoms with Gasteiger partial charge in [-0.25, -0.2) is 9.59 Å². The summed E-state index contributed by atoms with van der Waals surface area (Å²) in [6.07, 6.45) is -32.0. The molecular formula is C60H65NO44Y16-16. The average Bonchev–Trinajstić information content (AvgIpc) is 0.772. The van der Waals surface area contributed by atoms with Crippen molar-refractivity contribution >= 4 is 109 Å². The van der Waals surface area contributed by atoms with Gasteiger partial charge in [-0.1, -0.05) is 84.1 Å². The van der Waals surface area contributed by atoms with Crippen molar-refractivity contribution in [3.8, 4) is 0 Å². The second-order valence-electron chi connectivity index (χ2n) is 21.8. The van der Waals surface area contributed by atoms with Crippen LogP contribution in [0.1, 0.15) is 54.4 Å². The summed E-state index contributed by atoms with van der Waals surface area (Å²) in [5.74, 6) is -2.41. The van der Waals surface area contributed by atoms with E-state index < -0.39 is 217 Å². The summed E-state index contributed by atoms with van der Waals surface area (Å²) in [4.78, 5) is 187. The van der Waals surface area contributed by atoms with Gasteiger partial charge in [-0.3, -0.25) is 19.2 Å². The molecule has 2 unspecified atom stereocenters. The van der Waals surface area contributed by atoms with Gasteiger partial charge in [0.25, 0.3) is 0 Å². The summed E-state index contributed by atoms with van der Waals surface area (Å²) < 4.78 is 129. The first-order valence-electron chi connectivity index (χ1n) is 30.1. The molecule has 0 bridgehead atoms. The molecule has 0 spiro atoms. The topological polar surface area (TPSA) is 573 Å². The summed E-state index contributed by atoms with van der Waals surface area (Å²) in [5.41, 5.74) is 0. The number of hydrogen-bond acceptors (Lipinski definition) is 43. The van der Waals surface area contributed by atoms with Crippen LogP contribution in [-0.4, -0.2) is 312 Å². The van der Waals surface area contributed by atoms with E-state index in [0.717, 1.165) is 51.8 Å². The first-order chi connectivity index (χ1) is 50.6. The van der Waals surface area contributed by atoms with Crippen molar-refractivity contribution in [3.63, 3.8) is 0 Å². The molecule has 0 aromatic heterocycles. The fourth-order valence-corrected chi connectivity index (χ4v) is 10.9. The first kappa shape index (κ1) is 160. The van der Waals surface area contributed by atoms with Crippen LogP contribution >= 0.6 is 0 Å². The van der Waals surface area contributed by atoms with Crippen molar-refractivity contribution in [3.05, 3.63) is 12.8 Å². The van der Waals surface area contributed by atoms with Gasteiger partial charge in [0.1, 0.15) is 92.6 Å². The second kappa shape index (κ2) is 95.3. The first-order valence-corrected chi connectivity index (χ1v) is 30.1. The zero-order chi connectivity index (χ0) is 78.0. The molecule has 0 aromatic carbocycles. The largest absolute Gasteiger partial charge is 0.651 e. The smallest absolute Gasteiger partial charge is 0.505 e. The number of hydrogen-bond donors (Lipinski definition) is 3. The molecule has 0 amide bonds. The molecule has 45 nitrogen and oxygen atoms in total. The monoisotopic (exact) mass is 2930 g/mol. The summed E-state index contributed by atoms with van der Waals surface area (Å²) in [6, 6.07) is -0.786. The van der Waals surface area contributed by atoms with E-state index in [-0.39, 0.29) is 536 Å². The fraction of sp³-hybridized carbons (Fsp3) is 0.683. The van der Waals surface area contributed by atoms with E-state index in [1.807, 2.05) is 0 Å². The molecule has 121 heavy (non-hydrogen) atoms. The van der Waals surface area contributed by atoms with Gasteiger partial charge in [0.05, 0.1) is 56.4 Å². The number of rotatable bonds is 49. The van der Waals surface area contributed by atoms with E-state index in [4.69, 9.17) is 105 Å². The molecule has 5 aliphatic rings. The Balaban J connectivity index is -0.000000115. The Kier molecular flexibility index (Phi) is 126. The zero-order valence-corrected chi connectivity index (χ0v) is 110. The minimum atomic E-state index is -1.82. The van der Waals surface area contributed by atoms with E-state index in [9.17, 15) is 81.5 Å². The zero-order valence-electron chi connectivity index (χ0n) is 64.6. The molecule has 5 fully saturated rings. The van der Waals surface area contributed by atoms with E-state index in [1.165, 1.54) is 32.4 Å². The van der Waals surface area contributed by atoms with Crippen LogP contribution < -0.4 is 5.32 Å². The van der Waals surface area contributed by atoms with Crippen LogP contribution in [0.5, 0.6) is 0 Å². The van der Waals surface area contributed by atoms with Gasteiger partial charge in [0.15, 0.2) is 43.7 Å². The molecule has 638 valence electrons. The molecule has 0 aliphatic carbocycles. The van der Waals surface area contributed by atoms with Crippen LogP contribution in [0.15, 0.2) is 6.58 Å². The maximum absolute atomic E-state index is 11.5. The molecule has 0 aromatic rings. The maximum atomic E-state index is 11.5. The van der Waals surface area contributed by atoms with Crippen molar-refractivity contribution in [1.29, 1.82) is 0 Å². The third-order valence-corrected chi connectivity index (χ3v) is 14.6. The average molecular weight is 2930 g/mol. The standard InChI is InChI=1S/2C23H24O18.C14H17NO8.16Y/c2*1-12(2)38-21-17(34-8-26)13(3-4-24)16(15(40-21)6-33-23(30)31)41-22-20(37-11-29)19(36-10-28)18(35-9-27)14(39-22)5-32-7-25;1-4-15-11-13(21-8-18)12(20-7-17)10(5-19-6-16)23-14(11)22-9(2)3;;;;;;;;;;;;;;;;/h2*12-22H,3,5-6H2,1-2H3,(H,30,31);9-15H,1,5H2,2-3H3;;;;;;;;;;;;;;;;/q2*-6;-4;;;;;;;;;;;;;;;;/t13-,14+,15+,16-,17+,18+,19-,20+,21?,22+;13-,14+,15+,16-,17+,18-,19-,20+,21?,22-;10-,11-,12-,13-,14-;;;;;;;;;;;;;;;;/m001................/s1. The molecule has 25 atom stereocenters. The van der Waals surface area contributed by atoms with E-state index >= 15 is 0 Å². The van der Waals surface area contributed by atoms with Gasteiger partial charge in [0.2, 0.25) is 0 Å². The van der Waals surface area contributed by atoms with Crippen LogP contribution in [0.25, 0.3) is 0 Å². The van der Waals surface area contributed by atoms with Crippen LogP contribution in [0.3, 0.4) is 0 Å². The number of ether oxygens (including phenoxy) is 25. The van der Waals surface area contributed by atoms with Crippen molar-refractivity contribution in [1.82, 2.24) is 5.32 Å². The summed E-state index contributed by atoms with van der Waals surface area (Å²) in [5, 5.41) is 20.8. The van der Waals surface area contributed by atoms with Crippen molar-refractivity contribution in [2.45, 2.75) is 214 Å². The molecule has 16 radical (unpaired) electrons.